The number of aromatic nitrogens is 1. The Kier molecular flexibility index (Phi) is 2.60. The SMILES string of the molecule is CCc1ccc(-c2cnc(C(C)N)o2)o1. The molecule has 0 spiro atoms. The molecule has 0 radical (unpaired) electrons. The van der Waals surface area contributed by atoms with Gasteiger partial charge in [0.15, 0.2) is 11.5 Å². The van der Waals surface area contributed by atoms with Crippen LogP contribution in [0.15, 0.2) is 27.2 Å². The Morgan fingerprint density at radius 2 is 2.13 bits per heavy atom. The average molecular weight is 206 g/mol. The summed E-state index contributed by atoms with van der Waals surface area (Å²) in [6.07, 6.45) is 2.51. The first-order chi connectivity index (χ1) is 7.20. The van der Waals surface area contributed by atoms with E-state index in [-0.39, 0.29) is 6.04 Å². The average Bonchev–Trinajstić information content (AvgIpc) is 2.86. The minimum absolute atomic E-state index is 0.195. The van der Waals surface area contributed by atoms with E-state index in [1.165, 1.54) is 0 Å². The predicted molar refractivity (Wildman–Crippen MR) is 56.2 cm³/mol. The molecule has 0 aromatic carbocycles. The van der Waals surface area contributed by atoms with Gasteiger partial charge in [0.25, 0.3) is 0 Å². The van der Waals surface area contributed by atoms with E-state index in [9.17, 15) is 0 Å². The van der Waals surface area contributed by atoms with Gasteiger partial charge >= 0.3 is 0 Å². The van der Waals surface area contributed by atoms with Crippen molar-refractivity contribution < 1.29 is 8.83 Å². The van der Waals surface area contributed by atoms with Gasteiger partial charge in [-0.05, 0) is 19.1 Å². The van der Waals surface area contributed by atoms with E-state index in [2.05, 4.69) is 4.98 Å². The van der Waals surface area contributed by atoms with Crippen LogP contribution in [0.1, 0.15) is 31.5 Å². The van der Waals surface area contributed by atoms with Gasteiger partial charge in [0, 0.05) is 6.42 Å². The van der Waals surface area contributed by atoms with Crippen LogP contribution in [0, 0.1) is 0 Å². The zero-order valence-electron chi connectivity index (χ0n) is 8.86. The zero-order chi connectivity index (χ0) is 10.8. The molecule has 0 saturated heterocycles. The summed E-state index contributed by atoms with van der Waals surface area (Å²) in [6, 6.07) is 3.62. The summed E-state index contributed by atoms with van der Waals surface area (Å²) in [6.45, 7) is 3.87. The molecule has 4 nitrogen and oxygen atoms in total. The normalized spacial score (nSPS) is 13.0. The molecule has 1 unspecified atom stereocenters. The lowest BCUT2D eigenvalue weighted by Gasteiger charge is -1.96. The first-order valence-corrected chi connectivity index (χ1v) is 5.01. The van der Waals surface area contributed by atoms with Gasteiger partial charge in [-0.3, -0.25) is 0 Å². The van der Waals surface area contributed by atoms with Gasteiger partial charge in [0.05, 0.1) is 12.2 Å². The second-order valence-corrected chi connectivity index (χ2v) is 3.47. The van der Waals surface area contributed by atoms with Crippen LogP contribution in [0.2, 0.25) is 0 Å². The van der Waals surface area contributed by atoms with Gasteiger partial charge in [0.2, 0.25) is 5.89 Å². The highest BCUT2D eigenvalue weighted by atomic mass is 16.4. The first kappa shape index (κ1) is 9.98. The van der Waals surface area contributed by atoms with E-state index in [0.717, 1.165) is 12.2 Å². The molecule has 0 aliphatic rings. The molecule has 15 heavy (non-hydrogen) atoms. The number of hydrogen-bond donors (Lipinski definition) is 1. The molecule has 2 heterocycles. The van der Waals surface area contributed by atoms with Crippen LogP contribution in [0.3, 0.4) is 0 Å². The second-order valence-electron chi connectivity index (χ2n) is 3.47. The molecule has 0 fully saturated rings. The molecule has 2 N–H and O–H groups in total. The standard InChI is InChI=1S/C11H14N2O2/c1-3-8-4-5-9(14-8)10-6-13-11(15-10)7(2)12/h4-7H,3,12H2,1-2H3. The van der Waals surface area contributed by atoms with E-state index in [4.69, 9.17) is 14.6 Å². The van der Waals surface area contributed by atoms with Crippen molar-refractivity contribution in [3.63, 3.8) is 0 Å². The fourth-order valence-electron chi connectivity index (χ4n) is 1.31. The Bertz CT molecular complexity index is 443. The molecule has 80 valence electrons. The molecular weight excluding hydrogens is 192 g/mol. The maximum absolute atomic E-state index is 5.65. The summed E-state index contributed by atoms with van der Waals surface area (Å²) in [4.78, 5) is 4.08. The van der Waals surface area contributed by atoms with E-state index in [1.54, 1.807) is 6.20 Å². The molecule has 2 rings (SSSR count). The van der Waals surface area contributed by atoms with Crippen molar-refractivity contribution in [1.82, 2.24) is 4.98 Å². The monoisotopic (exact) mass is 206 g/mol. The van der Waals surface area contributed by atoms with Crippen LogP contribution in [0.5, 0.6) is 0 Å². The summed E-state index contributed by atoms with van der Waals surface area (Å²) in [5.41, 5.74) is 5.65. The van der Waals surface area contributed by atoms with Crippen molar-refractivity contribution in [2.75, 3.05) is 0 Å². The minimum Gasteiger partial charge on any atom is -0.458 e. The fourth-order valence-corrected chi connectivity index (χ4v) is 1.31. The van der Waals surface area contributed by atoms with Crippen molar-refractivity contribution in [3.05, 3.63) is 30.0 Å². The largest absolute Gasteiger partial charge is 0.458 e. The van der Waals surface area contributed by atoms with E-state index < -0.39 is 0 Å². The van der Waals surface area contributed by atoms with Crippen LogP contribution < -0.4 is 5.73 Å². The Balaban J connectivity index is 2.28. The summed E-state index contributed by atoms with van der Waals surface area (Å²) in [7, 11) is 0. The molecule has 4 heteroatoms. The van der Waals surface area contributed by atoms with Gasteiger partial charge in [-0.1, -0.05) is 6.92 Å². The fraction of sp³-hybridized carbons (Fsp3) is 0.364. The van der Waals surface area contributed by atoms with Gasteiger partial charge in [-0.25, -0.2) is 4.98 Å². The Labute approximate surface area is 88.1 Å². The van der Waals surface area contributed by atoms with Gasteiger partial charge in [-0.15, -0.1) is 0 Å². The summed E-state index contributed by atoms with van der Waals surface area (Å²) in [5.74, 6) is 2.79. The smallest absolute Gasteiger partial charge is 0.211 e. The molecule has 0 amide bonds. The number of oxazole rings is 1. The number of furan rings is 1. The Morgan fingerprint density at radius 3 is 2.67 bits per heavy atom. The zero-order valence-corrected chi connectivity index (χ0v) is 8.86. The highest BCUT2D eigenvalue weighted by Crippen LogP contribution is 2.24. The van der Waals surface area contributed by atoms with Crippen LogP contribution in [-0.2, 0) is 6.42 Å². The number of nitrogens with two attached hydrogens (primary N) is 1. The first-order valence-electron chi connectivity index (χ1n) is 5.01. The maximum Gasteiger partial charge on any atom is 0.211 e. The van der Waals surface area contributed by atoms with Crippen LogP contribution in [0.4, 0.5) is 0 Å². The lowest BCUT2D eigenvalue weighted by atomic mass is 10.3. The molecular formula is C11H14N2O2. The molecule has 1 atom stereocenters. The van der Waals surface area contributed by atoms with Crippen LogP contribution in [-0.4, -0.2) is 4.98 Å². The van der Waals surface area contributed by atoms with Crippen molar-refractivity contribution in [3.8, 4) is 11.5 Å². The summed E-state index contributed by atoms with van der Waals surface area (Å²) < 4.78 is 11.0. The lowest BCUT2D eigenvalue weighted by molar-refractivity contribution is 0.450. The number of aryl methyl sites for hydroxylation is 1. The van der Waals surface area contributed by atoms with Crippen molar-refractivity contribution in [1.29, 1.82) is 0 Å². The highest BCUT2D eigenvalue weighted by Gasteiger charge is 2.12. The summed E-state index contributed by atoms with van der Waals surface area (Å²) >= 11 is 0. The van der Waals surface area contributed by atoms with Crippen molar-refractivity contribution in [2.45, 2.75) is 26.3 Å². The Morgan fingerprint density at radius 1 is 1.33 bits per heavy atom. The van der Waals surface area contributed by atoms with E-state index in [1.807, 2.05) is 26.0 Å². The third-order valence-electron chi connectivity index (χ3n) is 2.17. The van der Waals surface area contributed by atoms with Crippen LogP contribution in [0.25, 0.3) is 11.5 Å². The highest BCUT2D eigenvalue weighted by molar-refractivity contribution is 5.48. The van der Waals surface area contributed by atoms with E-state index in [0.29, 0.717) is 17.4 Å². The third-order valence-corrected chi connectivity index (χ3v) is 2.17. The predicted octanol–water partition coefficient (Wildman–Crippen LogP) is 2.52. The molecule has 0 saturated carbocycles. The molecule has 2 aromatic heterocycles. The molecule has 0 aliphatic carbocycles. The van der Waals surface area contributed by atoms with Gasteiger partial charge in [-0.2, -0.15) is 0 Å². The van der Waals surface area contributed by atoms with Crippen molar-refractivity contribution >= 4 is 0 Å². The van der Waals surface area contributed by atoms with E-state index >= 15 is 0 Å². The Hall–Kier alpha value is -1.55. The maximum atomic E-state index is 5.65. The third kappa shape index (κ3) is 1.94. The van der Waals surface area contributed by atoms with Crippen molar-refractivity contribution in [2.24, 2.45) is 5.73 Å². The van der Waals surface area contributed by atoms with Crippen LogP contribution >= 0.6 is 0 Å². The van der Waals surface area contributed by atoms with Gasteiger partial charge < -0.3 is 14.6 Å². The number of nitrogens with zero attached hydrogens (tertiary/aromatic N) is 1. The quantitative estimate of drug-likeness (QED) is 0.838. The molecule has 0 bridgehead atoms. The summed E-state index contributed by atoms with van der Waals surface area (Å²) in [5, 5.41) is 0. The molecule has 2 aromatic rings. The molecule has 0 aliphatic heterocycles. The van der Waals surface area contributed by atoms with Gasteiger partial charge in [0.1, 0.15) is 5.76 Å². The minimum atomic E-state index is -0.195. The second kappa shape index (κ2) is 3.90. The number of rotatable bonds is 3. The lowest BCUT2D eigenvalue weighted by Crippen LogP contribution is -2.04. The topological polar surface area (TPSA) is 65.2 Å². The number of hydrogen-bond acceptors (Lipinski definition) is 4.